The van der Waals surface area contributed by atoms with Gasteiger partial charge in [0.15, 0.2) is 0 Å². The van der Waals surface area contributed by atoms with Gasteiger partial charge in [-0.25, -0.2) is 4.79 Å². The van der Waals surface area contributed by atoms with Crippen molar-refractivity contribution in [2.75, 3.05) is 19.7 Å². The van der Waals surface area contributed by atoms with E-state index in [9.17, 15) is 9.90 Å². The summed E-state index contributed by atoms with van der Waals surface area (Å²) in [6, 6.07) is 12.1. The quantitative estimate of drug-likeness (QED) is 0.490. The van der Waals surface area contributed by atoms with E-state index in [1.165, 1.54) is 0 Å². The molecule has 152 valence electrons. The fourth-order valence-electron chi connectivity index (χ4n) is 2.99. The zero-order chi connectivity index (χ0) is 20.6. The molecule has 0 saturated carbocycles. The Morgan fingerprint density at radius 2 is 1.97 bits per heavy atom. The van der Waals surface area contributed by atoms with Gasteiger partial charge in [0.05, 0.1) is 24.0 Å². The zero-order valence-corrected chi connectivity index (χ0v) is 17.0. The molecule has 1 heterocycles. The summed E-state index contributed by atoms with van der Waals surface area (Å²) in [4.78, 5) is 12.1. The van der Waals surface area contributed by atoms with Crippen LogP contribution < -0.4 is 0 Å². The second-order valence-corrected chi connectivity index (χ2v) is 7.14. The number of nitrogens with zero attached hydrogens (tertiary/aromatic N) is 3. The first-order valence-electron chi connectivity index (χ1n) is 9.66. The molecule has 0 amide bonds. The van der Waals surface area contributed by atoms with Gasteiger partial charge in [0.1, 0.15) is 0 Å². The molecule has 1 aliphatic heterocycles. The standard InChI is InChI=1S/C22H24ClN3O3/c1-2-29-22(28)18-7-11-20(24-25-26-13-3-4-14-26)17(15-18)8-12-21(27)16-5-9-19(23)10-6-16/h5-12,15,21,27H,2-4,13-14H2,1H3/b12-8+,25-24?. The fraction of sp³-hybridized carbons (Fsp3) is 0.318. The minimum absolute atomic E-state index is 0.301. The van der Waals surface area contributed by atoms with Gasteiger partial charge < -0.3 is 9.84 Å². The maximum Gasteiger partial charge on any atom is 0.338 e. The van der Waals surface area contributed by atoms with Crippen molar-refractivity contribution in [2.24, 2.45) is 10.3 Å². The van der Waals surface area contributed by atoms with Gasteiger partial charge >= 0.3 is 5.97 Å². The molecule has 2 aromatic rings. The van der Waals surface area contributed by atoms with Gasteiger partial charge in [0, 0.05) is 23.7 Å². The SMILES string of the molecule is CCOC(=O)c1ccc(N=NN2CCCC2)c(/C=C/C(O)c2ccc(Cl)cc2)c1. The molecular formula is C22H24ClN3O3. The molecule has 1 unspecified atom stereocenters. The third-order valence-corrected chi connectivity index (χ3v) is 4.82. The number of hydrogen-bond donors (Lipinski definition) is 1. The molecule has 3 rings (SSSR count). The van der Waals surface area contributed by atoms with Crippen molar-refractivity contribution in [3.63, 3.8) is 0 Å². The van der Waals surface area contributed by atoms with Crippen molar-refractivity contribution < 1.29 is 14.6 Å². The molecule has 1 fully saturated rings. The third-order valence-electron chi connectivity index (χ3n) is 4.57. The number of halogens is 1. The minimum atomic E-state index is -0.818. The molecule has 6 nitrogen and oxygen atoms in total. The average Bonchev–Trinajstić information content (AvgIpc) is 3.25. The molecule has 29 heavy (non-hydrogen) atoms. The highest BCUT2D eigenvalue weighted by Crippen LogP contribution is 2.26. The molecule has 1 N–H and O–H groups in total. The Kier molecular flexibility index (Phi) is 7.38. The largest absolute Gasteiger partial charge is 0.462 e. The maximum absolute atomic E-state index is 12.1. The summed E-state index contributed by atoms with van der Waals surface area (Å²) >= 11 is 5.90. The molecule has 0 bridgehead atoms. The first-order chi connectivity index (χ1) is 14.1. The first kappa shape index (κ1) is 21.0. The van der Waals surface area contributed by atoms with Crippen molar-refractivity contribution >= 4 is 29.3 Å². The normalized spacial score (nSPS) is 15.3. The van der Waals surface area contributed by atoms with E-state index in [2.05, 4.69) is 10.3 Å². The number of esters is 1. The van der Waals surface area contributed by atoms with Crippen molar-refractivity contribution in [1.82, 2.24) is 5.01 Å². The second kappa shape index (κ2) is 10.2. The van der Waals surface area contributed by atoms with E-state index in [0.29, 0.717) is 34.0 Å². The number of carbonyl (C=O) groups is 1. The predicted octanol–water partition coefficient (Wildman–Crippen LogP) is 5.36. The van der Waals surface area contributed by atoms with Gasteiger partial charge in [-0.15, -0.1) is 5.11 Å². The maximum atomic E-state index is 12.1. The lowest BCUT2D eigenvalue weighted by atomic mass is 10.0. The van der Waals surface area contributed by atoms with Crippen molar-refractivity contribution in [3.05, 3.63) is 70.3 Å². The predicted molar refractivity (Wildman–Crippen MR) is 113 cm³/mol. The Labute approximate surface area is 175 Å². The van der Waals surface area contributed by atoms with Gasteiger partial charge in [0.2, 0.25) is 0 Å². The first-order valence-corrected chi connectivity index (χ1v) is 10.0. The molecule has 2 aromatic carbocycles. The van der Waals surface area contributed by atoms with E-state index in [-0.39, 0.29) is 0 Å². The van der Waals surface area contributed by atoms with E-state index in [0.717, 1.165) is 25.9 Å². The van der Waals surface area contributed by atoms with E-state index < -0.39 is 12.1 Å². The molecule has 0 aliphatic carbocycles. The number of rotatable bonds is 7. The van der Waals surface area contributed by atoms with Crippen LogP contribution in [-0.4, -0.2) is 35.8 Å². The summed E-state index contributed by atoms with van der Waals surface area (Å²) in [5.41, 5.74) is 2.43. The molecule has 1 aliphatic rings. The molecule has 0 spiro atoms. The summed E-state index contributed by atoms with van der Waals surface area (Å²) in [6.07, 6.45) is 4.78. The van der Waals surface area contributed by atoms with Gasteiger partial charge in [0.25, 0.3) is 0 Å². The van der Waals surface area contributed by atoms with E-state index >= 15 is 0 Å². The molecule has 1 saturated heterocycles. The number of benzene rings is 2. The molecular weight excluding hydrogens is 390 g/mol. The topological polar surface area (TPSA) is 74.5 Å². The van der Waals surface area contributed by atoms with Gasteiger partial charge in [-0.05, 0) is 55.7 Å². The summed E-state index contributed by atoms with van der Waals surface area (Å²) in [6.45, 7) is 3.85. The fourth-order valence-corrected chi connectivity index (χ4v) is 3.11. The molecule has 0 radical (unpaired) electrons. The van der Waals surface area contributed by atoms with Crippen LogP contribution in [0.25, 0.3) is 6.08 Å². The van der Waals surface area contributed by atoms with Crippen LogP contribution in [0.15, 0.2) is 58.9 Å². The smallest absolute Gasteiger partial charge is 0.338 e. The number of aliphatic hydroxyl groups excluding tert-OH is 1. The molecule has 0 aromatic heterocycles. The van der Waals surface area contributed by atoms with Gasteiger partial charge in [-0.1, -0.05) is 41.1 Å². The van der Waals surface area contributed by atoms with E-state index in [4.69, 9.17) is 16.3 Å². The van der Waals surface area contributed by atoms with Crippen LogP contribution in [-0.2, 0) is 4.74 Å². The Morgan fingerprint density at radius 1 is 1.24 bits per heavy atom. The van der Waals surface area contributed by atoms with Crippen LogP contribution in [0, 0.1) is 0 Å². The lowest BCUT2D eigenvalue weighted by molar-refractivity contribution is 0.0526. The Balaban J connectivity index is 1.86. The minimum Gasteiger partial charge on any atom is -0.462 e. The van der Waals surface area contributed by atoms with Gasteiger partial charge in [-0.2, -0.15) is 0 Å². The summed E-state index contributed by atoms with van der Waals surface area (Å²) < 4.78 is 5.08. The summed E-state index contributed by atoms with van der Waals surface area (Å²) in [5.74, 6) is -0.400. The Bertz CT molecular complexity index is 891. The monoisotopic (exact) mass is 413 g/mol. The third kappa shape index (κ3) is 5.89. The Hall–Kier alpha value is -2.70. The van der Waals surface area contributed by atoms with Crippen LogP contribution in [0.1, 0.15) is 47.4 Å². The van der Waals surface area contributed by atoms with E-state index in [1.807, 2.05) is 5.01 Å². The lowest BCUT2D eigenvalue weighted by Crippen LogP contribution is -2.09. The second-order valence-electron chi connectivity index (χ2n) is 6.70. The average molecular weight is 414 g/mol. The highest BCUT2D eigenvalue weighted by Gasteiger charge is 2.12. The van der Waals surface area contributed by atoms with Crippen molar-refractivity contribution in [2.45, 2.75) is 25.9 Å². The van der Waals surface area contributed by atoms with Crippen LogP contribution in [0.2, 0.25) is 5.02 Å². The molecule has 7 heteroatoms. The van der Waals surface area contributed by atoms with Crippen molar-refractivity contribution in [1.29, 1.82) is 0 Å². The number of ether oxygens (including phenoxy) is 1. The lowest BCUT2D eigenvalue weighted by Gasteiger charge is -2.10. The summed E-state index contributed by atoms with van der Waals surface area (Å²) in [5, 5.41) is 21.6. The number of carbonyl (C=O) groups excluding carboxylic acids is 1. The van der Waals surface area contributed by atoms with Crippen LogP contribution in [0.4, 0.5) is 5.69 Å². The van der Waals surface area contributed by atoms with Gasteiger partial charge in [-0.3, -0.25) is 5.01 Å². The highest BCUT2D eigenvalue weighted by atomic mass is 35.5. The zero-order valence-electron chi connectivity index (χ0n) is 16.3. The van der Waals surface area contributed by atoms with Crippen LogP contribution in [0.5, 0.6) is 0 Å². The van der Waals surface area contributed by atoms with Crippen molar-refractivity contribution in [3.8, 4) is 0 Å². The Morgan fingerprint density at radius 3 is 2.66 bits per heavy atom. The van der Waals surface area contributed by atoms with Crippen LogP contribution >= 0.6 is 11.6 Å². The highest BCUT2D eigenvalue weighted by molar-refractivity contribution is 6.30. The number of hydrogen-bond acceptors (Lipinski definition) is 5. The molecule has 1 atom stereocenters. The van der Waals surface area contributed by atoms with Crippen LogP contribution in [0.3, 0.4) is 0 Å². The number of aliphatic hydroxyl groups is 1. The summed E-state index contributed by atoms with van der Waals surface area (Å²) in [7, 11) is 0. The van der Waals surface area contributed by atoms with E-state index in [1.54, 1.807) is 61.5 Å².